The van der Waals surface area contributed by atoms with Crippen LogP contribution in [0.1, 0.15) is 21.2 Å². The summed E-state index contributed by atoms with van der Waals surface area (Å²) in [4.78, 5) is 17.3. The minimum absolute atomic E-state index is 0.0410. The van der Waals surface area contributed by atoms with Crippen LogP contribution in [0.15, 0.2) is 36.5 Å². The smallest absolute Gasteiger partial charge is 0.220 e. The van der Waals surface area contributed by atoms with E-state index in [4.69, 9.17) is 0 Å². The van der Waals surface area contributed by atoms with Crippen molar-refractivity contribution in [2.75, 3.05) is 0 Å². The number of imidazole rings is 1. The molecule has 0 atom stereocenters. The zero-order valence-corrected chi connectivity index (χ0v) is 11.0. The van der Waals surface area contributed by atoms with E-state index < -0.39 is 0 Å². The number of ketones is 1. The van der Waals surface area contributed by atoms with Crippen LogP contribution in [0.2, 0.25) is 0 Å². The molecule has 2 heterocycles. The van der Waals surface area contributed by atoms with Crippen molar-refractivity contribution in [1.82, 2.24) is 9.55 Å². The van der Waals surface area contributed by atoms with E-state index >= 15 is 0 Å². The molecule has 0 fully saturated rings. The molecule has 0 aliphatic carbocycles. The number of fused-ring (bicyclic) bond motifs is 1. The molecule has 0 unspecified atom stereocenters. The Kier molecular flexibility index (Phi) is 2.52. The Bertz CT molecular complexity index is 706. The van der Waals surface area contributed by atoms with Gasteiger partial charge in [0.1, 0.15) is 11.5 Å². The van der Waals surface area contributed by atoms with Gasteiger partial charge in [-0.05, 0) is 24.4 Å². The van der Waals surface area contributed by atoms with Crippen LogP contribution in [0.3, 0.4) is 0 Å². The molecule has 90 valence electrons. The second-order valence-electron chi connectivity index (χ2n) is 4.23. The molecular formula is C14H12N2OS. The first-order valence-corrected chi connectivity index (χ1v) is 6.50. The maximum absolute atomic E-state index is 12.4. The number of nitrogens with zero attached hydrogens (tertiary/aromatic N) is 2. The predicted octanol–water partition coefficient (Wildman–Crippen LogP) is 3.17. The van der Waals surface area contributed by atoms with E-state index in [0.717, 1.165) is 20.8 Å². The monoisotopic (exact) mass is 256 g/mol. The topological polar surface area (TPSA) is 34.9 Å². The molecule has 0 bridgehead atoms. The van der Waals surface area contributed by atoms with Crippen LogP contribution in [0.25, 0.3) is 10.1 Å². The van der Waals surface area contributed by atoms with Crippen molar-refractivity contribution in [2.45, 2.75) is 6.92 Å². The van der Waals surface area contributed by atoms with Crippen LogP contribution in [0.4, 0.5) is 0 Å². The van der Waals surface area contributed by atoms with E-state index in [1.165, 1.54) is 11.3 Å². The molecule has 0 amide bonds. The molecule has 1 aromatic carbocycles. The van der Waals surface area contributed by atoms with Gasteiger partial charge in [0.25, 0.3) is 0 Å². The summed E-state index contributed by atoms with van der Waals surface area (Å²) >= 11 is 1.53. The third kappa shape index (κ3) is 1.66. The molecule has 0 spiro atoms. The number of aryl methyl sites for hydroxylation is 1. The van der Waals surface area contributed by atoms with Crippen molar-refractivity contribution < 1.29 is 4.79 Å². The summed E-state index contributed by atoms with van der Waals surface area (Å²) in [5.41, 5.74) is 0.638. The number of carbonyl (C=O) groups excluding carboxylic acids is 1. The van der Waals surface area contributed by atoms with Crippen molar-refractivity contribution in [2.24, 2.45) is 7.05 Å². The van der Waals surface area contributed by atoms with Crippen LogP contribution in [-0.4, -0.2) is 15.3 Å². The Morgan fingerprint density at radius 2 is 2.11 bits per heavy atom. The van der Waals surface area contributed by atoms with Gasteiger partial charge in [0, 0.05) is 11.7 Å². The second kappa shape index (κ2) is 4.07. The summed E-state index contributed by atoms with van der Waals surface area (Å²) in [7, 11) is 1.86. The lowest BCUT2D eigenvalue weighted by atomic mass is 10.2. The first-order valence-electron chi connectivity index (χ1n) is 5.68. The van der Waals surface area contributed by atoms with Crippen LogP contribution in [-0.2, 0) is 7.05 Å². The van der Waals surface area contributed by atoms with E-state index in [0.29, 0.717) is 5.69 Å². The highest BCUT2D eigenvalue weighted by Gasteiger charge is 2.16. The minimum atomic E-state index is 0.0410. The molecule has 18 heavy (non-hydrogen) atoms. The first kappa shape index (κ1) is 11.2. The lowest BCUT2D eigenvalue weighted by Crippen LogP contribution is -2.06. The maximum Gasteiger partial charge on any atom is 0.220 e. The van der Waals surface area contributed by atoms with E-state index in [1.807, 2.05) is 48.9 Å². The molecule has 0 saturated carbocycles. The van der Waals surface area contributed by atoms with Crippen molar-refractivity contribution in [3.63, 3.8) is 0 Å². The van der Waals surface area contributed by atoms with Crippen LogP contribution >= 0.6 is 11.3 Å². The Hall–Kier alpha value is -1.94. The predicted molar refractivity (Wildman–Crippen MR) is 73.2 cm³/mol. The standard InChI is InChI=1S/C14H12N2OS/c1-9-15-8-11(16(9)2)14(17)13-7-10-5-3-4-6-12(10)18-13/h3-8H,1-2H3. The highest BCUT2D eigenvalue weighted by molar-refractivity contribution is 7.21. The first-order chi connectivity index (χ1) is 8.66. The van der Waals surface area contributed by atoms with Gasteiger partial charge in [0.15, 0.2) is 0 Å². The largest absolute Gasteiger partial charge is 0.329 e. The number of benzene rings is 1. The summed E-state index contributed by atoms with van der Waals surface area (Å²) in [6.45, 7) is 1.89. The number of thiophene rings is 1. The summed E-state index contributed by atoms with van der Waals surface area (Å²) < 4.78 is 2.96. The Balaban J connectivity index is 2.09. The van der Waals surface area contributed by atoms with Gasteiger partial charge in [-0.15, -0.1) is 11.3 Å². The summed E-state index contributed by atoms with van der Waals surface area (Å²) in [6, 6.07) is 9.98. The van der Waals surface area contributed by atoms with Gasteiger partial charge < -0.3 is 4.57 Å². The number of hydrogen-bond donors (Lipinski definition) is 0. The average Bonchev–Trinajstić information content (AvgIpc) is 2.94. The number of rotatable bonds is 2. The third-order valence-corrected chi connectivity index (χ3v) is 4.22. The minimum Gasteiger partial charge on any atom is -0.329 e. The number of carbonyl (C=O) groups is 1. The Morgan fingerprint density at radius 3 is 2.78 bits per heavy atom. The highest BCUT2D eigenvalue weighted by atomic mass is 32.1. The van der Waals surface area contributed by atoms with E-state index in [2.05, 4.69) is 4.98 Å². The van der Waals surface area contributed by atoms with Gasteiger partial charge >= 0.3 is 0 Å². The molecule has 3 nitrogen and oxygen atoms in total. The van der Waals surface area contributed by atoms with Crippen LogP contribution < -0.4 is 0 Å². The van der Waals surface area contributed by atoms with Gasteiger partial charge in [0.05, 0.1) is 11.1 Å². The Labute approximate surface area is 109 Å². The average molecular weight is 256 g/mol. The van der Waals surface area contributed by atoms with E-state index in [-0.39, 0.29) is 5.78 Å². The van der Waals surface area contributed by atoms with E-state index in [9.17, 15) is 4.79 Å². The molecule has 0 aliphatic heterocycles. The molecule has 3 aromatic rings. The van der Waals surface area contributed by atoms with E-state index in [1.54, 1.807) is 6.20 Å². The number of hydrogen-bond acceptors (Lipinski definition) is 3. The van der Waals surface area contributed by atoms with Gasteiger partial charge in [-0.3, -0.25) is 4.79 Å². The third-order valence-electron chi connectivity index (χ3n) is 3.10. The fraction of sp³-hybridized carbons (Fsp3) is 0.143. The second-order valence-corrected chi connectivity index (χ2v) is 5.31. The maximum atomic E-state index is 12.4. The van der Waals surface area contributed by atoms with Crippen molar-refractivity contribution >= 4 is 27.2 Å². The lowest BCUT2D eigenvalue weighted by Gasteiger charge is -2.00. The summed E-state index contributed by atoms with van der Waals surface area (Å²) in [5.74, 6) is 0.888. The van der Waals surface area contributed by atoms with Crippen molar-refractivity contribution in [3.8, 4) is 0 Å². The molecule has 0 saturated heterocycles. The quantitative estimate of drug-likeness (QED) is 0.660. The number of aromatic nitrogens is 2. The van der Waals surface area contributed by atoms with Gasteiger partial charge in [-0.1, -0.05) is 18.2 Å². The van der Waals surface area contributed by atoms with Crippen molar-refractivity contribution in [3.05, 3.63) is 52.9 Å². The van der Waals surface area contributed by atoms with Gasteiger partial charge in [0.2, 0.25) is 5.78 Å². The fourth-order valence-corrected chi connectivity index (χ4v) is 2.94. The van der Waals surface area contributed by atoms with Crippen LogP contribution in [0.5, 0.6) is 0 Å². The zero-order valence-electron chi connectivity index (χ0n) is 10.2. The molecule has 4 heteroatoms. The highest BCUT2D eigenvalue weighted by Crippen LogP contribution is 2.27. The molecule has 0 radical (unpaired) electrons. The lowest BCUT2D eigenvalue weighted by molar-refractivity contribution is 0.103. The normalized spacial score (nSPS) is 11.0. The molecule has 0 N–H and O–H groups in total. The van der Waals surface area contributed by atoms with Gasteiger partial charge in [-0.2, -0.15) is 0 Å². The summed E-state index contributed by atoms with van der Waals surface area (Å²) in [5, 5.41) is 1.12. The molecule has 2 aromatic heterocycles. The molecule has 3 rings (SSSR count). The van der Waals surface area contributed by atoms with Crippen molar-refractivity contribution in [1.29, 1.82) is 0 Å². The SMILES string of the molecule is Cc1ncc(C(=O)c2cc3ccccc3s2)n1C. The Morgan fingerprint density at radius 1 is 1.33 bits per heavy atom. The van der Waals surface area contributed by atoms with Gasteiger partial charge in [-0.25, -0.2) is 4.98 Å². The molecular weight excluding hydrogens is 244 g/mol. The molecule has 0 aliphatic rings. The fourth-order valence-electron chi connectivity index (χ4n) is 1.93. The van der Waals surface area contributed by atoms with Crippen LogP contribution in [0, 0.1) is 6.92 Å². The zero-order chi connectivity index (χ0) is 12.7. The summed E-state index contributed by atoms with van der Waals surface area (Å²) in [6.07, 6.45) is 1.64.